The fourth-order valence-electron chi connectivity index (χ4n) is 3.82. The van der Waals surface area contributed by atoms with Gasteiger partial charge in [-0.15, -0.1) is 0 Å². The number of anilines is 1. The summed E-state index contributed by atoms with van der Waals surface area (Å²) in [7, 11) is 3.09. The van der Waals surface area contributed by atoms with Crippen LogP contribution in [0.4, 0.5) is 5.82 Å². The molecule has 0 spiro atoms. The van der Waals surface area contributed by atoms with E-state index in [2.05, 4.69) is 15.4 Å². The Morgan fingerprint density at radius 3 is 2.69 bits per heavy atom. The highest BCUT2D eigenvalue weighted by molar-refractivity contribution is 6.06. The summed E-state index contributed by atoms with van der Waals surface area (Å²) in [5.41, 5.74) is 2.72. The SMILES string of the molecule is COCCC(=O)N1CCc2cc(OC)c(C(=O)Nc3cccc(/C(=N/N)N(N)C(C)C)n3)cc2C1. The lowest BCUT2D eigenvalue weighted by Gasteiger charge is -2.29. The van der Waals surface area contributed by atoms with E-state index >= 15 is 0 Å². The van der Waals surface area contributed by atoms with Crippen molar-refractivity contribution in [3.8, 4) is 5.75 Å². The van der Waals surface area contributed by atoms with Gasteiger partial charge in [-0.3, -0.25) is 14.6 Å². The molecule has 0 fully saturated rings. The van der Waals surface area contributed by atoms with E-state index in [0.29, 0.717) is 61.2 Å². The van der Waals surface area contributed by atoms with Crippen molar-refractivity contribution in [1.82, 2.24) is 14.9 Å². The average molecular weight is 484 g/mol. The number of methoxy groups -OCH3 is 2. The molecular formula is C24H33N7O4. The Morgan fingerprint density at radius 1 is 1.26 bits per heavy atom. The maximum absolute atomic E-state index is 13.2. The lowest BCUT2D eigenvalue weighted by Crippen LogP contribution is -2.44. The highest BCUT2D eigenvalue weighted by Crippen LogP contribution is 2.29. The van der Waals surface area contributed by atoms with Crippen LogP contribution in [0.2, 0.25) is 0 Å². The second-order valence-corrected chi connectivity index (χ2v) is 8.45. The van der Waals surface area contributed by atoms with Gasteiger partial charge in [-0.25, -0.2) is 10.8 Å². The second-order valence-electron chi connectivity index (χ2n) is 8.45. The molecule has 35 heavy (non-hydrogen) atoms. The molecule has 2 heterocycles. The van der Waals surface area contributed by atoms with Crippen molar-refractivity contribution in [1.29, 1.82) is 0 Å². The molecule has 1 aromatic carbocycles. The van der Waals surface area contributed by atoms with E-state index in [1.54, 1.807) is 36.3 Å². The lowest BCUT2D eigenvalue weighted by molar-refractivity contribution is -0.133. The molecule has 0 atom stereocenters. The van der Waals surface area contributed by atoms with Crippen molar-refractivity contribution in [3.63, 3.8) is 0 Å². The predicted molar refractivity (Wildman–Crippen MR) is 133 cm³/mol. The van der Waals surface area contributed by atoms with Gasteiger partial charge >= 0.3 is 0 Å². The molecule has 0 unspecified atom stereocenters. The third-order valence-electron chi connectivity index (χ3n) is 5.79. The van der Waals surface area contributed by atoms with Gasteiger partial charge in [0.15, 0.2) is 5.84 Å². The number of amidine groups is 1. The van der Waals surface area contributed by atoms with Gasteiger partial charge in [-0.05, 0) is 55.7 Å². The summed E-state index contributed by atoms with van der Waals surface area (Å²) in [6.45, 7) is 5.20. The monoisotopic (exact) mass is 483 g/mol. The molecule has 3 rings (SSSR count). The number of amides is 2. The summed E-state index contributed by atoms with van der Waals surface area (Å²) in [5.74, 6) is 12.3. The number of pyridine rings is 1. The van der Waals surface area contributed by atoms with Crippen LogP contribution in [0, 0.1) is 0 Å². The van der Waals surface area contributed by atoms with Gasteiger partial charge in [0.1, 0.15) is 17.3 Å². The number of carbonyl (C=O) groups is 2. The van der Waals surface area contributed by atoms with E-state index in [9.17, 15) is 9.59 Å². The van der Waals surface area contributed by atoms with Crippen LogP contribution >= 0.6 is 0 Å². The van der Waals surface area contributed by atoms with Crippen LogP contribution in [-0.2, 0) is 22.5 Å². The number of hydrogen-bond acceptors (Lipinski definition) is 8. The van der Waals surface area contributed by atoms with Gasteiger partial charge in [0, 0.05) is 26.2 Å². The van der Waals surface area contributed by atoms with Crippen molar-refractivity contribution in [2.75, 3.05) is 32.7 Å². The molecule has 1 aromatic heterocycles. The maximum atomic E-state index is 13.2. The van der Waals surface area contributed by atoms with Crippen molar-refractivity contribution < 1.29 is 19.1 Å². The van der Waals surface area contributed by atoms with Crippen LogP contribution in [0.3, 0.4) is 0 Å². The van der Waals surface area contributed by atoms with E-state index in [0.717, 1.165) is 11.1 Å². The molecule has 0 saturated carbocycles. The number of hydrazone groups is 1. The number of fused-ring (bicyclic) bond motifs is 1. The number of hydrogen-bond donors (Lipinski definition) is 3. The molecular weight excluding hydrogens is 450 g/mol. The van der Waals surface area contributed by atoms with Gasteiger partial charge in [-0.2, -0.15) is 5.10 Å². The standard InChI is InChI=1S/C24H33N7O4/c1-15(2)31(26)23(29-25)19-6-5-7-21(27-19)28-24(33)18-12-17-14-30(22(32)9-11-34-3)10-8-16(17)13-20(18)35-4/h5-7,12-13,15H,8-11,14,25-26H2,1-4H3,(H,27,28,33)/b29-23-. The molecule has 2 aromatic rings. The Morgan fingerprint density at radius 2 is 2.03 bits per heavy atom. The maximum Gasteiger partial charge on any atom is 0.260 e. The first-order chi connectivity index (χ1) is 16.8. The predicted octanol–water partition coefficient (Wildman–Crippen LogP) is 1.47. The number of nitrogens with zero attached hydrogens (tertiary/aromatic N) is 4. The van der Waals surface area contributed by atoms with E-state index < -0.39 is 5.91 Å². The van der Waals surface area contributed by atoms with Gasteiger partial charge in [0.25, 0.3) is 5.91 Å². The zero-order valence-corrected chi connectivity index (χ0v) is 20.6. The number of benzene rings is 1. The Labute approximate surface area is 205 Å². The summed E-state index contributed by atoms with van der Waals surface area (Å²) in [6.07, 6.45) is 1.00. The molecule has 0 aliphatic carbocycles. The fourth-order valence-corrected chi connectivity index (χ4v) is 3.82. The smallest absolute Gasteiger partial charge is 0.260 e. The minimum absolute atomic E-state index is 0.0213. The summed E-state index contributed by atoms with van der Waals surface area (Å²) >= 11 is 0. The van der Waals surface area contributed by atoms with E-state index in [1.165, 1.54) is 12.1 Å². The Bertz CT molecular complexity index is 1100. The minimum Gasteiger partial charge on any atom is -0.496 e. The van der Waals surface area contributed by atoms with E-state index in [1.807, 2.05) is 19.9 Å². The van der Waals surface area contributed by atoms with Crippen LogP contribution in [0.25, 0.3) is 0 Å². The second kappa shape index (κ2) is 11.6. The van der Waals surface area contributed by atoms with Gasteiger partial charge < -0.3 is 25.5 Å². The summed E-state index contributed by atoms with van der Waals surface area (Å²) in [5, 5.41) is 7.97. The van der Waals surface area contributed by atoms with Crippen LogP contribution in [-0.4, -0.2) is 66.0 Å². The first-order valence-electron chi connectivity index (χ1n) is 11.4. The number of ether oxygens (including phenoxy) is 2. The van der Waals surface area contributed by atoms with Crippen LogP contribution in [0.15, 0.2) is 35.4 Å². The normalized spacial score (nSPS) is 13.4. The van der Waals surface area contributed by atoms with Gasteiger partial charge in [-0.1, -0.05) is 6.07 Å². The highest BCUT2D eigenvalue weighted by Gasteiger charge is 2.24. The molecule has 0 saturated heterocycles. The lowest BCUT2D eigenvalue weighted by atomic mass is 9.96. The third kappa shape index (κ3) is 6.06. The summed E-state index contributed by atoms with van der Waals surface area (Å²) < 4.78 is 10.5. The molecule has 11 nitrogen and oxygen atoms in total. The number of rotatable bonds is 8. The zero-order valence-electron chi connectivity index (χ0n) is 20.6. The van der Waals surface area contributed by atoms with Crippen molar-refractivity contribution in [2.45, 2.75) is 39.3 Å². The molecule has 2 amide bonds. The van der Waals surface area contributed by atoms with E-state index in [4.69, 9.17) is 21.2 Å². The Hall–Kier alpha value is -3.70. The third-order valence-corrected chi connectivity index (χ3v) is 5.79. The molecule has 188 valence electrons. The number of carbonyl (C=O) groups excluding carboxylic acids is 2. The fraction of sp³-hybridized carbons (Fsp3) is 0.417. The molecule has 0 radical (unpaired) electrons. The van der Waals surface area contributed by atoms with Crippen LogP contribution in [0.5, 0.6) is 5.75 Å². The van der Waals surface area contributed by atoms with Crippen LogP contribution in [0.1, 0.15) is 47.4 Å². The number of hydrazine groups is 1. The number of nitrogens with two attached hydrogens (primary N) is 2. The Balaban J connectivity index is 1.83. The first kappa shape index (κ1) is 25.9. The highest BCUT2D eigenvalue weighted by atomic mass is 16.5. The van der Waals surface area contributed by atoms with Crippen molar-refractivity contribution in [2.24, 2.45) is 16.8 Å². The molecule has 11 heteroatoms. The first-order valence-corrected chi connectivity index (χ1v) is 11.4. The van der Waals surface area contributed by atoms with Gasteiger partial charge in [0.05, 0.1) is 25.7 Å². The quantitative estimate of drug-likeness (QED) is 0.221. The largest absolute Gasteiger partial charge is 0.496 e. The molecule has 0 bridgehead atoms. The molecule has 5 N–H and O–H groups in total. The van der Waals surface area contributed by atoms with Gasteiger partial charge in [0.2, 0.25) is 5.91 Å². The zero-order chi connectivity index (χ0) is 25.5. The summed E-state index contributed by atoms with van der Waals surface area (Å²) in [4.78, 5) is 31.9. The number of aromatic nitrogens is 1. The topological polar surface area (TPSA) is 148 Å². The average Bonchev–Trinajstić information content (AvgIpc) is 2.86. The van der Waals surface area contributed by atoms with E-state index in [-0.39, 0.29) is 11.9 Å². The van der Waals surface area contributed by atoms with Crippen molar-refractivity contribution >= 4 is 23.5 Å². The Kier molecular flexibility index (Phi) is 8.61. The minimum atomic E-state index is -0.392. The summed E-state index contributed by atoms with van der Waals surface area (Å²) in [6, 6.07) is 8.67. The molecule has 1 aliphatic rings. The van der Waals surface area contributed by atoms with Crippen molar-refractivity contribution in [3.05, 3.63) is 52.7 Å². The molecule has 1 aliphatic heterocycles. The number of nitrogens with one attached hydrogen (secondary N) is 1. The van der Waals surface area contributed by atoms with Crippen LogP contribution < -0.4 is 21.7 Å².